The molecular weight excluding hydrogens is 370 g/mol. The summed E-state index contributed by atoms with van der Waals surface area (Å²) in [7, 11) is 0. The summed E-state index contributed by atoms with van der Waals surface area (Å²) in [5.41, 5.74) is 4.03. The molecule has 0 atom stereocenters. The minimum Gasteiger partial charge on any atom is -0.494 e. The lowest BCUT2D eigenvalue weighted by Gasteiger charge is -2.04. The van der Waals surface area contributed by atoms with E-state index in [1.165, 1.54) is 0 Å². The molecule has 2 heterocycles. The lowest BCUT2D eigenvalue weighted by atomic mass is 10.2. The van der Waals surface area contributed by atoms with Crippen molar-refractivity contribution in [1.82, 2.24) is 14.7 Å². The van der Waals surface area contributed by atoms with Crippen molar-refractivity contribution in [3.8, 4) is 17.1 Å². The van der Waals surface area contributed by atoms with E-state index in [1.807, 2.05) is 6.92 Å². The average Bonchev–Trinajstić information content (AvgIpc) is 3.12. The molecule has 0 unspecified atom stereocenters. The smallest absolute Gasteiger partial charge is 0.286 e. The van der Waals surface area contributed by atoms with Crippen molar-refractivity contribution < 1.29 is 19.0 Å². The van der Waals surface area contributed by atoms with Gasteiger partial charge in [0.2, 0.25) is 11.7 Å². The van der Waals surface area contributed by atoms with E-state index in [1.54, 1.807) is 24.3 Å². The van der Waals surface area contributed by atoms with E-state index in [0.717, 1.165) is 16.8 Å². The van der Waals surface area contributed by atoms with Gasteiger partial charge in [-0.25, -0.2) is 0 Å². The molecule has 11 nitrogen and oxygen atoms in total. The van der Waals surface area contributed by atoms with Crippen LogP contribution in [-0.4, -0.2) is 32.1 Å². The molecule has 0 fully saturated rings. The number of pyridine rings is 1. The van der Waals surface area contributed by atoms with Crippen molar-refractivity contribution in [3.05, 3.63) is 68.5 Å². The largest absolute Gasteiger partial charge is 0.494 e. The van der Waals surface area contributed by atoms with E-state index < -0.39 is 27.6 Å². The Kier molecular flexibility index (Phi) is 5.16. The summed E-state index contributed by atoms with van der Waals surface area (Å²) in [6, 6.07) is 7.81. The predicted octanol–water partition coefficient (Wildman–Crippen LogP) is 1.35. The lowest BCUT2D eigenvalue weighted by molar-refractivity contribution is -0.385. The number of benzene rings is 1. The molecule has 3 aromatic rings. The van der Waals surface area contributed by atoms with Crippen molar-refractivity contribution in [2.24, 2.45) is 5.73 Å². The molecule has 11 heteroatoms. The maximum absolute atomic E-state index is 12.3. The van der Waals surface area contributed by atoms with Crippen LogP contribution in [0.15, 0.2) is 45.8 Å². The highest BCUT2D eigenvalue weighted by molar-refractivity contribution is 5.92. The Hall–Kier alpha value is -4.02. The van der Waals surface area contributed by atoms with Crippen LogP contribution in [0, 0.1) is 10.1 Å². The predicted molar refractivity (Wildman–Crippen MR) is 95.9 cm³/mol. The average molecular weight is 385 g/mol. The second-order valence-electron chi connectivity index (χ2n) is 5.64. The summed E-state index contributed by atoms with van der Waals surface area (Å²) in [6.45, 7) is 2.15. The molecule has 0 aliphatic heterocycles. The van der Waals surface area contributed by atoms with Crippen LogP contribution in [0.25, 0.3) is 11.4 Å². The fraction of sp³-hybridized carbons (Fsp3) is 0.176. The van der Waals surface area contributed by atoms with E-state index >= 15 is 0 Å². The van der Waals surface area contributed by atoms with Crippen LogP contribution >= 0.6 is 0 Å². The highest BCUT2D eigenvalue weighted by atomic mass is 16.6. The van der Waals surface area contributed by atoms with Crippen LogP contribution in [0.4, 0.5) is 5.69 Å². The van der Waals surface area contributed by atoms with E-state index in [-0.39, 0.29) is 18.3 Å². The summed E-state index contributed by atoms with van der Waals surface area (Å²) in [5.74, 6) is -0.0753. The van der Waals surface area contributed by atoms with Gasteiger partial charge in [-0.15, -0.1) is 0 Å². The number of primary amides is 1. The minimum absolute atomic E-state index is 0.0295. The first-order chi connectivity index (χ1) is 13.4. The molecule has 0 bridgehead atoms. The third-order valence-electron chi connectivity index (χ3n) is 3.75. The van der Waals surface area contributed by atoms with Gasteiger partial charge in [0.1, 0.15) is 17.9 Å². The van der Waals surface area contributed by atoms with Gasteiger partial charge in [-0.1, -0.05) is 5.16 Å². The zero-order valence-electron chi connectivity index (χ0n) is 14.7. The molecule has 3 rings (SSSR count). The zero-order chi connectivity index (χ0) is 20.3. The Balaban J connectivity index is 1.90. The van der Waals surface area contributed by atoms with Gasteiger partial charge >= 0.3 is 0 Å². The van der Waals surface area contributed by atoms with Gasteiger partial charge in [0, 0.05) is 11.6 Å². The normalized spacial score (nSPS) is 10.6. The van der Waals surface area contributed by atoms with Crippen LogP contribution in [-0.2, 0) is 6.54 Å². The van der Waals surface area contributed by atoms with E-state index in [9.17, 15) is 19.7 Å². The summed E-state index contributed by atoms with van der Waals surface area (Å²) >= 11 is 0. The standard InChI is InChI=1S/C17H15N5O6/c1-2-27-12-5-3-10(4-6-12)16-19-14(28-20-16)9-21-8-11(22(25)26)7-13(15(18)23)17(21)24/h3-8H,2,9H2,1H3,(H2,18,23). The van der Waals surface area contributed by atoms with Gasteiger partial charge in [-0.05, 0) is 31.2 Å². The summed E-state index contributed by atoms with van der Waals surface area (Å²) in [6.07, 6.45) is 0.982. The number of nitro groups is 1. The number of amides is 1. The topological polar surface area (TPSA) is 156 Å². The van der Waals surface area contributed by atoms with E-state index in [0.29, 0.717) is 17.9 Å². The Bertz CT molecular complexity index is 1090. The third-order valence-corrected chi connectivity index (χ3v) is 3.75. The van der Waals surface area contributed by atoms with Gasteiger partial charge in [0.05, 0.1) is 17.7 Å². The molecule has 0 aliphatic carbocycles. The summed E-state index contributed by atoms with van der Waals surface area (Å²) in [4.78, 5) is 38.2. The molecule has 0 radical (unpaired) electrons. The van der Waals surface area contributed by atoms with Crippen LogP contribution < -0.4 is 16.0 Å². The first-order valence-electron chi connectivity index (χ1n) is 8.13. The third kappa shape index (κ3) is 3.87. The van der Waals surface area contributed by atoms with Crippen LogP contribution in [0.1, 0.15) is 23.2 Å². The van der Waals surface area contributed by atoms with Gasteiger partial charge in [-0.2, -0.15) is 4.98 Å². The molecule has 0 spiro atoms. The molecule has 1 amide bonds. The highest BCUT2D eigenvalue weighted by Gasteiger charge is 2.19. The van der Waals surface area contributed by atoms with Gasteiger partial charge in [-0.3, -0.25) is 24.3 Å². The molecule has 0 saturated carbocycles. The van der Waals surface area contributed by atoms with Gasteiger partial charge < -0.3 is 15.0 Å². The van der Waals surface area contributed by atoms with E-state index in [2.05, 4.69) is 10.1 Å². The van der Waals surface area contributed by atoms with Gasteiger partial charge in [0.25, 0.3) is 17.2 Å². The van der Waals surface area contributed by atoms with Crippen molar-refractivity contribution in [2.45, 2.75) is 13.5 Å². The summed E-state index contributed by atoms with van der Waals surface area (Å²) in [5, 5.41) is 14.9. The summed E-state index contributed by atoms with van der Waals surface area (Å²) < 4.78 is 11.4. The maximum Gasteiger partial charge on any atom is 0.286 e. The SMILES string of the molecule is CCOc1ccc(-c2noc(Cn3cc([N+](=O)[O-])cc(C(N)=O)c3=O)n2)cc1. The highest BCUT2D eigenvalue weighted by Crippen LogP contribution is 2.20. The van der Waals surface area contributed by atoms with Gasteiger partial charge in [0.15, 0.2) is 0 Å². The van der Waals surface area contributed by atoms with Crippen LogP contribution in [0.2, 0.25) is 0 Å². The second kappa shape index (κ2) is 7.70. The zero-order valence-corrected chi connectivity index (χ0v) is 14.7. The van der Waals surface area contributed by atoms with Crippen molar-refractivity contribution in [1.29, 1.82) is 0 Å². The first kappa shape index (κ1) is 18.8. The number of ether oxygens (including phenoxy) is 1. The van der Waals surface area contributed by atoms with Crippen molar-refractivity contribution in [2.75, 3.05) is 6.61 Å². The van der Waals surface area contributed by atoms with Crippen LogP contribution in [0.5, 0.6) is 5.75 Å². The fourth-order valence-electron chi connectivity index (χ4n) is 2.46. The maximum atomic E-state index is 12.3. The number of rotatable bonds is 7. The molecule has 2 aromatic heterocycles. The molecule has 28 heavy (non-hydrogen) atoms. The molecule has 0 aliphatic rings. The molecule has 0 saturated heterocycles. The molecule has 2 N–H and O–H groups in total. The number of carbonyl (C=O) groups is 1. The minimum atomic E-state index is -1.07. The fourth-order valence-corrected chi connectivity index (χ4v) is 2.46. The first-order valence-corrected chi connectivity index (χ1v) is 8.13. The number of hydrogen-bond acceptors (Lipinski definition) is 8. The Morgan fingerprint density at radius 2 is 2.07 bits per heavy atom. The number of nitrogens with zero attached hydrogens (tertiary/aromatic N) is 4. The quantitative estimate of drug-likeness (QED) is 0.472. The Morgan fingerprint density at radius 1 is 1.36 bits per heavy atom. The second-order valence-corrected chi connectivity index (χ2v) is 5.64. The van der Waals surface area contributed by atoms with Crippen molar-refractivity contribution >= 4 is 11.6 Å². The number of carbonyl (C=O) groups excluding carboxylic acids is 1. The number of aromatic nitrogens is 3. The Labute approximate surface area is 157 Å². The lowest BCUT2D eigenvalue weighted by Crippen LogP contribution is -2.30. The monoisotopic (exact) mass is 385 g/mol. The van der Waals surface area contributed by atoms with Crippen molar-refractivity contribution in [3.63, 3.8) is 0 Å². The molecule has 1 aromatic carbocycles. The molecular formula is C17H15N5O6. The van der Waals surface area contributed by atoms with E-state index in [4.69, 9.17) is 15.0 Å². The Morgan fingerprint density at radius 3 is 2.68 bits per heavy atom. The number of nitrogens with two attached hydrogens (primary N) is 1. The number of hydrogen-bond donors (Lipinski definition) is 1. The molecule has 144 valence electrons. The van der Waals surface area contributed by atoms with Crippen LogP contribution in [0.3, 0.4) is 0 Å².